The van der Waals surface area contributed by atoms with Crippen LogP contribution in [0.5, 0.6) is 0 Å². The van der Waals surface area contributed by atoms with Crippen molar-refractivity contribution in [2.24, 2.45) is 0 Å². The van der Waals surface area contributed by atoms with E-state index in [-0.39, 0.29) is 17.4 Å². The van der Waals surface area contributed by atoms with Crippen LogP contribution in [0.4, 0.5) is 4.39 Å². The number of fused-ring (bicyclic) bond motifs is 1. The van der Waals surface area contributed by atoms with Gasteiger partial charge in [0, 0.05) is 23.1 Å². The topological polar surface area (TPSA) is 47.8 Å². The molecule has 0 unspecified atom stereocenters. The van der Waals surface area contributed by atoms with Crippen molar-refractivity contribution in [1.82, 2.24) is 14.5 Å². The van der Waals surface area contributed by atoms with Crippen LogP contribution in [0, 0.1) is 12.7 Å². The Balaban J connectivity index is 2.08. The van der Waals surface area contributed by atoms with E-state index >= 15 is 0 Å². The molecule has 0 spiro atoms. The molecule has 6 heteroatoms. The number of hydrogen-bond acceptors (Lipinski definition) is 4. The van der Waals surface area contributed by atoms with E-state index in [0.717, 1.165) is 35.0 Å². The molecule has 0 N–H and O–H groups in total. The average molecular weight is 341 g/mol. The minimum Gasteiger partial charge on any atom is -0.289 e. The Morgan fingerprint density at radius 2 is 2.00 bits per heavy atom. The third-order valence-electron chi connectivity index (χ3n) is 4.30. The van der Waals surface area contributed by atoms with E-state index in [1.807, 2.05) is 13.2 Å². The molecule has 2 heterocycles. The fraction of sp³-hybridized carbons (Fsp3) is 0.278. The van der Waals surface area contributed by atoms with E-state index < -0.39 is 0 Å². The van der Waals surface area contributed by atoms with Gasteiger partial charge in [0.05, 0.1) is 5.69 Å². The number of hydrogen-bond donors (Lipinski definition) is 0. The Morgan fingerprint density at radius 1 is 1.21 bits per heavy atom. The van der Waals surface area contributed by atoms with E-state index in [1.54, 1.807) is 22.8 Å². The molecule has 1 aliphatic carbocycles. The summed E-state index contributed by atoms with van der Waals surface area (Å²) in [5.74, 6) is -0.269. The molecule has 1 aromatic carbocycles. The fourth-order valence-electron chi connectivity index (χ4n) is 2.99. The summed E-state index contributed by atoms with van der Waals surface area (Å²) in [4.78, 5) is 21.6. The molecule has 4 nitrogen and oxygen atoms in total. The van der Waals surface area contributed by atoms with Gasteiger partial charge in [0.2, 0.25) is 0 Å². The predicted molar refractivity (Wildman–Crippen MR) is 94.0 cm³/mol. The van der Waals surface area contributed by atoms with Crippen molar-refractivity contribution in [3.8, 4) is 11.3 Å². The zero-order valence-electron chi connectivity index (χ0n) is 13.4. The van der Waals surface area contributed by atoms with Crippen molar-refractivity contribution >= 4 is 22.8 Å². The smallest absolute Gasteiger partial charge is 0.252 e. The van der Waals surface area contributed by atoms with Gasteiger partial charge in [-0.05, 0) is 55.9 Å². The van der Waals surface area contributed by atoms with E-state index in [1.165, 1.54) is 23.9 Å². The lowest BCUT2D eigenvalue weighted by molar-refractivity contribution is 0.627. The summed E-state index contributed by atoms with van der Waals surface area (Å²) in [6.45, 7) is 1.86. The molecule has 122 valence electrons. The highest BCUT2D eigenvalue weighted by molar-refractivity contribution is 7.98. The highest BCUT2D eigenvalue weighted by Crippen LogP contribution is 2.37. The second-order valence-electron chi connectivity index (χ2n) is 6.03. The number of nitrogens with zero attached hydrogens (tertiary/aromatic N) is 3. The molecule has 0 radical (unpaired) electrons. The lowest BCUT2D eigenvalue weighted by Gasteiger charge is -2.13. The standard InChI is InChI=1S/C18H16FN3OS/c1-10-9-11(19)3-6-13(10)16-14-7-8-15(23)22(12-4-5-12)17(14)21-18(20-16)24-2/h3,6-9,12H,4-5H2,1-2H3. The Kier molecular flexibility index (Phi) is 3.64. The summed E-state index contributed by atoms with van der Waals surface area (Å²) in [5.41, 5.74) is 3.06. The van der Waals surface area contributed by atoms with Crippen molar-refractivity contribution in [2.45, 2.75) is 31.0 Å². The van der Waals surface area contributed by atoms with Crippen LogP contribution in [0.15, 0.2) is 40.3 Å². The van der Waals surface area contributed by atoms with Crippen molar-refractivity contribution in [3.63, 3.8) is 0 Å². The Morgan fingerprint density at radius 3 is 2.67 bits per heavy atom. The van der Waals surface area contributed by atoms with Gasteiger partial charge < -0.3 is 0 Å². The first-order chi connectivity index (χ1) is 11.6. The molecule has 0 atom stereocenters. The molecule has 1 aliphatic rings. The molecular formula is C18H16FN3OS. The van der Waals surface area contributed by atoms with Crippen molar-refractivity contribution < 1.29 is 4.39 Å². The Bertz CT molecular complexity index is 1010. The molecule has 24 heavy (non-hydrogen) atoms. The second-order valence-corrected chi connectivity index (χ2v) is 6.80. The van der Waals surface area contributed by atoms with Crippen LogP contribution in [-0.4, -0.2) is 20.8 Å². The highest BCUT2D eigenvalue weighted by atomic mass is 32.2. The summed E-state index contributed by atoms with van der Waals surface area (Å²) in [6.07, 6.45) is 3.91. The Labute approximate surface area is 142 Å². The number of thioether (sulfide) groups is 1. The van der Waals surface area contributed by atoms with Gasteiger partial charge in [0.25, 0.3) is 5.56 Å². The summed E-state index contributed by atoms with van der Waals surface area (Å²) >= 11 is 1.44. The maximum absolute atomic E-state index is 13.5. The second kappa shape index (κ2) is 5.70. The number of benzene rings is 1. The molecule has 4 rings (SSSR count). The Hall–Kier alpha value is -2.21. The number of halogens is 1. The SMILES string of the molecule is CSc1nc(-c2ccc(F)cc2C)c2ccc(=O)n(C3CC3)c2n1. The van der Waals surface area contributed by atoms with E-state index in [4.69, 9.17) is 0 Å². The zero-order valence-corrected chi connectivity index (χ0v) is 14.2. The first kappa shape index (κ1) is 15.3. The van der Waals surface area contributed by atoms with Gasteiger partial charge in [0.1, 0.15) is 11.5 Å². The molecular weight excluding hydrogens is 325 g/mol. The lowest BCUT2D eigenvalue weighted by Crippen LogP contribution is -2.19. The quantitative estimate of drug-likeness (QED) is 0.534. The van der Waals surface area contributed by atoms with Crippen LogP contribution >= 0.6 is 11.8 Å². The van der Waals surface area contributed by atoms with Crippen molar-refractivity contribution in [1.29, 1.82) is 0 Å². The van der Waals surface area contributed by atoms with Gasteiger partial charge in [-0.2, -0.15) is 0 Å². The highest BCUT2D eigenvalue weighted by Gasteiger charge is 2.27. The zero-order chi connectivity index (χ0) is 16.8. The van der Waals surface area contributed by atoms with Gasteiger partial charge >= 0.3 is 0 Å². The third kappa shape index (κ3) is 2.51. The molecule has 3 aromatic rings. The van der Waals surface area contributed by atoms with Gasteiger partial charge in [-0.25, -0.2) is 14.4 Å². The monoisotopic (exact) mass is 341 g/mol. The van der Waals surface area contributed by atoms with E-state index in [0.29, 0.717) is 10.8 Å². The minimum atomic E-state index is -0.269. The van der Waals surface area contributed by atoms with Crippen LogP contribution in [0.3, 0.4) is 0 Å². The minimum absolute atomic E-state index is 0.0301. The van der Waals surface area contributed by atoms with E-state index in [2.05, 4.69) is 9.97 Å². The third-order valence-corrected chi connectivity index (χ3v) is 4.85. The fourth-order valence-corrected chi connectivity index (χ4v) is 3.35. The molecule has 2 aromatic heterocycles. The summed E-state index contributed by atoms with van der Waals surface area (Å²) in [7, 11) is 0. The van der Waals surface area contributed by atoms with Gasteiger partial charge in [-0.1, -0.05) is 11.8 Å². The molecule has 1 fully saturated rings. The first-order valence-corrected chi connectivity index (χ1v) is 9.05. The van der Waals surface area contributed by atoms with Crippen LogP contribution in [-0.2, 0) is 0 Å². The summed E-state index contributed by atoms with van der Waals surface area (Å²) in [5, 5.41) is 1.44. The molecule has 0 saturated heterocycles. The molecule has 0 amide bonds. The predicted octanol–water partition coefficient (Wildman–Crippen LogP) is 3.96. The number of aromatic nitrogens is 3. The normalized spacial score (nSPS) is 14.3. The molecule has 0 bridgehead atoms. The number of rotatable bonds is 3. The number of aryl methyl sites for hydroxylation is 1. The van der Waals surface area contributed by atoms with E-state index in [9.17, 15) is 9.18 Å². The van der Waals surface area contributed by atoms with Gasteiger partial charge in [0.15, 0.2) is 5.16 Å². The van der Waals surface area contributed by atoms with Crippen LogP contribution in [0.2, 0.25) is 0 Å². The van der Waals surface area contributed by atoms with Crippen LogP contribution < -0.4 is 5.56 Å². The van der Waals surface area contributed by atoms with Crippen molar-refractivity contribution in [2.75, 3.05) is 6.26 Å². The van der Waals surface area contributed by atoms with Gasteiger partial charge in [-0.3, -0.25) is 9.36 Å². The lowest BCUT2D eigenvalue weighted by atomic mass is 10.0. The van der Waals surface area contributed by atoms with Crippen LogP contribution in [0.25, 0.3) is 22.3 Å². The first-order valence-electron chi connectivity index (χ1n) is 7.82. The maximum Gasteiger partial charge on any atom is 0.252 e. The summed E-state index contributed by atoms with van der Waals surface area (Å²) in [6, 6.07) is 8.26. The number of pyridine rings is 1. The largest absolute Gasteiger partial charge is 0.289 e. The van der Waals surface area contributed by atoms with Crippen LogP contribution in [0.1, 0.15) is 24.4 Å². The van der Waals surface area contributed by atoms with Gasteiger partial charge in [-0.15, -0.1) is 0 Å². The average Bonchev–Trinajstić information content (AvgIpc) is 3.38. The molecule has 0 aliphatic heterocycles. The molecule has 1 saturated carbocycles. The van der Waals surface area contributed by atoms with Crippen molar-refractivity contribution in [3.05, 3.63) is 52.1 Å². The maximum atomic E-state index is 13.5. The summed E-state index contributed by atoms with van der Waals surface area (Å²) < 4.78 is 15.2.